The molecule has 0 saturated heterocycles. The van der Waals surface area contributed by atoms with Gasteiger partial charge in [-0.2, -0.15) is 5.10 Å². The van der Waals surface area contributed by atoms with E-state index in [4.69, 9.17) is 5.11 Å². The monoisotopic (exact) mass is 286 g/mol. The lowest BCUT2D eigenvalue weighted by Crippen LogP contribution is -2.06. The first-order valence-electron chi connectivity index (χ1n) is 6.11. The van der Waals surface area contributed by atoms with E-state index in [1.807, 2.05) is 0 Å². The minimum Gasteiger partial charge on any atom is -0.477 e. The van der Waals surface area contributed by atoms with Crippen LogP contribution in [-0.4, -0.2) is 20.9 Å². The lowest BCUT2D eigenvalue weighted by atomic mass is 10.2. The van der Waals surface area contributed by atoms with Gasteiger partial charge in [-0.05, 0) is 18.9 Å². The maximum Gasteiger partial charge on any atom is 0.345 e. The first kappa shape index (κ1) is 12.5. The molecule has 0 atom stereocenters. The van der Waals surface area contributed by atoms with Crippen LogP contribution >= 0.6 is 11.3 Å². The second kappa shape index (κ2) is 4.56. The average molecular weight is 286 g/mol. The van der Waals surface area contributed by atoms with Crippen LogP contribution in [0.3, 0.4) is 0 Å². The van der Waals surface area contributed by atoms with Gasteiger partial charge in [0.25, 0.3) is 6.43 Å². The van der Waals surface area contributed by atoms with Crippen LogP contribution in [0.4, 0.5) is 8.78 Å². The molecule has 2 aromatic heterocycles. The minimum absolute atomic E-state index is 0.0843. The Morgan fingerprint density at radius 3 is 2.74 bits per heavy atom. The number of fused-ring (bicyclic) bond motifs is 1. The molecule has 1 saturated carbocycles. The Hall–Kier alpha value is -1.50. The highest BCUT2D eigenvalue weighted by Crippen LogP contribution is 2.38. The summed E-state index contributed by atoms with van der Waals surface area (Å²) in [6.45, 7) is 0. The van der Waals surface area contributed by atoms with Crippen molar-refractivity contribution in [3.8, 4) is 0 Å². The molecular formula is C12H12F2N2O2S. The molecule has 0 aliphatic heterocycles. The van der Waals surface area contributed by atoms with Crippen LogP contribution in [0.5, 0.6) is 0 Å². The number of carboxylic acids is 1. The minimum atomic E-state index is -2.68. The number of aromatic carboxylic acids is 1. The standard InChI is InChI=1S/C12H12F2N2O2S/c13-10(14)9-7-5-8(12(17)18)19-11(7)16(15-9)6-3-1-2-4-6/h5-6,10H,1-4H2,(H,17,18). The number of hydrogen-bond donors (Lipinski definition) is 1. The topological polar surface area (TPSA) is 55.1 Å². The average Bonchev–Trinajstić information content (AvgIpc) is 3.03. The molecule has 3 rings (SSSR count). The molecule has 0 unspecified atom stereocenters. The number of rotatable bonds is 3. The molecule has 0 spiro atoms. The van der Waals surface area contributed by atoms with Crippen molar-refractivity contribution in [3.05, 3.63) is 16.6 Å². The van der Waals surface area contributed by atoms with Crippen LogP contribution in [0.1, 0.15) is 53.5 Å². The second-order valence-corrected chi connectivity index (χ2v) is 5.73. The van der Waals surface area contributed by atoms with E-state index in [-0.39, 0.29) is 22.0 Å². The zero-order valence-electron chi connectivity index (χ0n) is 9.97. The number of alkyl halides is 2. The van der Waals surface area contributed by atoms with Crippen molar-refractivity contribution in [2.75, 3.05) is 0 Å². The van der Waals surface area contributed by atoms with Crippen molar-refractivity contribution in [1.82, 2.24) is 9.78 Å². The van der Waals surface area contributed by atoms with Crippen molar-refractivity contribution in [2.45, 2.75) is 38.2 Å². The van der Waals surface area contributed by atoms with E-state index < -0.39 is 12.4 Å². The Morgan fingerprint density at radius 1 is 1.47 bits per heavy atom. The van der Waals surface area contributed by atoms with Crippen LogP contribution < -0.4 is 0 Å². The first-order chi connectivity index (χ1) is 9.08. The summed E-state index contributed by atoms with van der Waals surface area (Å²) in [7, 11) is 0. The van der Waals surface area contributed by atoms with Crippen molar-refractivity contribution in [3.63, 3.8) is 0 Å². The molecule has 1 aliphatic rings. The zero-order valence-corrected chi connectivity index (χ0v) is 10.8. The molecule has 0 radical (unpaired) electrons. The van der Waals surface area contributed by atoms with E-state index in [2.05, 4.69) is 5.10 Å². The quantitative estimate of drug-likeness (QED) is 0.932. The van der Waals surface area contributed by atoms with Crippen LogP contribution in [0, 0.1) is 0 Å². The Labute approximate surface area is 111 Å². The lowest BCUT2D eigenvalue weighted by Gasteiger charge is -2.09. The zero-order chi connectivity index (χ0) is 13.6. The lowest BCUT2D eigenvalue weighted by molar-refractivity contribution is 0.0702. The fourth-order valence-corrected chi connectivity index (χ4v) is 3.64. The summed E-state index contributed by atoms with van der Waals surface area (Å²) in [5.41, 5.74) is -0.300. The normalized spacial score (nSPS) is 16.8. The van der Waals surface area contributed by atoms with Crippen molar-refractivity contribution >= 4 is 27.5 Å². The predicted molar refractivity (Wildman–Crippen MR) is 67.0 cm³/mol. The van der Waals surface area contributed by atoms with Gasteiger partial charge in [0.2, 0.25) is 0 Å². The van der Waals surface area contributed by atoms with E-state index in [1.54, 1.807) is 4.68 Å². The molecule has 1 N–H and O–H groups in total. The van der Waals surface area contributed by atoms with Gasteiger partial charge in [0.05, 0.1) is 6.04 Å². The third-order valence-electron chi connectivity index (χ3n) is 3.50. The molecule has 0 amide bonds. The highest BCUT2D eigenvalue weighted by atomic mass is 32.1. The number of halogens is 2. The third-order valence-corrected chi connectivity index (χ3v) is 4.61. The Kier molecular flexibility index (Phi) is 3.00. The SMILES string of the molecule is O=C(O)c1cc2c(C(F)F)nn(C3CCCC3)c2s1. The van der Waals surface area contributed by atoms with Crippen LogP contribution in [0.15, 0.2) is 6.07 Å². The van der Waals surface area contributed by atoms with Gasteiger partial charge < -0.3 is 5.11 Å². The van der Waals surface area contributed by atoms with Gasteiger partial charge in [-0.25, -0.2) is 13.6 Å². The number of thiophene rings is 1. The van der Waals surface area contributed by atoms with E-state index >= 15 is 0 Å². The first-order valence-corrected chi connectivity index (χ1v) is 6.93. The van der Waals surface area contributed by atoms with Crippen LogP contribution in [-0.2, 0) is 0 Å². The fourth-order valence-electron chi connectivity index (χ4n) is 2.61. The van der Waals surface area contributed by atoms with Crippen LogP contribution in [0.25, 0.3) is 10.2 Å². The molecule has 1 fully saturated rings. The predicted octanol–water partition coefficient (Wildman–Crippen LogP) is 3.85. The number of nitrogens with zero attached hydrogens (tertiary/aromatic N) is 2. The van der Waals surface area contributed by atoms with Crippen molar-refractivity contribution < 1.29 is 18.7 Å². The number of hydrogen-bond acceptors (Lipinski definition) is 3. The Balaban J connectivity index is 2.17. The molecule has 19 heavy (non-hydrogen) atoms. The maximum atomic E-state index is 13.0. The van der Waals surface area contributed by atoms with Crippen LogP contribution in [0.2, 0.25) is 0 Å². The highest BCUT2D eigenvalue weighted by molar-refractivity contribution is 7.20. The highest BCUT2D eigenvalue weighted by Gasteiger charge is 2.27. The van der Waals surface area contributed by atoms with E-state index in [0.717, 1.165) is 37.0 Å². The number of aromatic nitrogens is 2. The fraction of sp³-hybridized carbons (Fsp3) is 0.500. The van der Waals surface area contributed by atoms with Gasteiger partial charge >= 0.3 is 5.97 Å². The molecule has 2 heterocycles. The summed E-state index contributed by atoms with van der Waals surface area (Å²) >= 11 is 1.02. The molecule has 1 aliphatic carbocycles. The van der Waals surface area contributed by atoms with E-state index in [1.165, 1.54) is 6.07 Å². The summed E-state index contributed by atoms with van der Waals surface area (Å²) in [6.07, 6.45) is 1.28. The number of carboxylic acid groups (broad SMARTS) is 1. The molecule has 4 nitrogen and oxygen atoms in total. The maximum absolute atomic E-state index is 13.0. The largest absolute Gasteiger partial charge is 0.477 e. The van der Waals surface area contributed by atoms with Gasteiger partial charge in [-0.3, -0.25) is 4.68 Å². The molecule has 102 valence electrons. The summed E-state index contributed by atoms with van der Waals surface area (Å²) in [5.74, 6) is -1.08. The molecule has 0 aromatic carbocycles. The van der Waals surface area contributed by atoms with Crippen molar-refractivity contribution in [2.24, 2.45) is 0 Å². The van der Waals surface area contributed by atoms with E-state index in [9.17, 15) is 13.6 Å². The van der Waals surface area contributed by atoms with Gasteiger partial charge in [0, 0.05) is 5.39 Å². The van der Waals surface area contributed by atoms with Gasteiger partial charge in [-0.15, -0.1) is 11.3 Å². The summed E-state index contributed by atoms with van der Waals surface area (Å²) in [4.78, 5) is 11.6. The molecular weight excluding hydrogens is 274 g/mol. The molecule has 0 bridgehead atoms. The van der Waals surface area contributed by atoms with Gasteiger partial charge in [-0.1, -0.05) is 12.8 Å². The Bertz CT molecular complexity index is 629. The molecule has 2 aromatic rings. The smallest absolute Gasteiger partial charge is 0.345 e. The summed E-state index contributed by atoms with van der Waals surface area (Å²) in [6, 6.07) is 1.43. The number of carbonyl (C=O) groups is 1. The third kappa shape index (κ3) is 2.01. The summed E-state index contributed by atoms with van der Waals surface area (Å²) < 4.78 is 27.6. The van der Waals surface area contributed by atoms with E-state index in [0.29, 0.717) is 4.83 Å². The molecule has 7 heteroatoms. The summed E-state index contributed by atoms with van der Waals surface area (Å²) in [5, 5.41) is 13.3. The van der Waals surface area contributed by atoms with Gasteiger partial charge in [0.15, 0.2) is 0 Å². The Morgan fingerprint density at radius 2 is 2.16 bits per heavy atom. The van der Waals surface area contributed by atoms with Gasteiger partial charge in [0.1, 0.15) is 15.4 Å². The second-order valence-electron chi connectivity index (χ2n) is 4.70. The van der Waals surface area contributed by atoms with Crippen molar-refractivity contribution in [1.29, 1.82) is 0 Å².